The van der Waals surface area contributed by atoms with Crippen molar-refractivity contribution in [2.24, 2.45) is 59.2 Å². The number of aryl methyl sites for hydroxylation is 2. The van der Waals surface area contributed by atoms with Crippen molar-refractivity contribution >= 4 is 53.2 Å². The molecule has 6 aromatic carbocycles. The summed E-state index contributed by atoms with van der Waals surface area (Å²) in [6.45, 7) is 7.51. The normalized spacial score (nSPS) is 28.0. The van der Waals surface area contributed by atoms with E-state index in [1.54, 1.807) is 24.0 Å². The van der Waals surface area contributed by atoms with E-state index in [2.05, 4.69) is 130 Å². The molecule has 8 saturated carbocycles. The molecule has 14 rings (SSSR count). The second-order valence-electron chi connectivity index (χ2n) is 20.0. The van der Waals surface area contributed by atoms with Gasteiger partial charge in [-0.1, -0.05) is 85.6 Å². The van der Waals surface area contributed by atoms with E-state index in [1.165, 1.54) is 142 Å². The minimum absolute atomic E-state index is 0. The topological polar surface area (TPSA) is 0 Å². The van der Waals surface area contributed by atoms with Crippen LogP contribution in [0.1, 0.15) is 100 Å². The van der Waals surface area contributed by atoms with Gasteiger partial charge in [-0.25, -0.2) is 0 Å². The van der Waals surface area contributed by atoms with Crippen LogP contribution in [-0.2, 0) is 49.0 Å². The molecule has 8 aliphatic rings. The van der Waals surface area contributed by atoms with Gasteiger partial charge in [0.25, 0.3) is 0 Å². The Hall–Kier alpha value is -2.22. The van der Waals surface area contributed by atoms with E-state index in [0.717, 1.165) is 72.0 Å². The summed E-state index contributed by atoms with van der Waals surface area (Å²) >= 11 is 1.36. The van der Waals surface area contributed by atoms with Crippen molar-refractivity contribution < 1.29 is 23.3 Å². The Kier molecular flexibility index (Phi) is 17.0. The van der Waals surface area contributed by atoms with Crippen LogP contribution in [0.5, 0.6) is 0 Å². The molecule has 8 aliphatic carbocycles. The molecule has 0 spiro atoms. The molecule has 0 atom stereocenters. The molecule has 328 valence electrons. The van der Waals surface area contributed by atoms with Crippen LogP contribution in [0.15, 0.2) is 109 Å². The van der Waals surface area contributed by atoms with Gasteiger partial charge < -0.3 is 14.9 Å². The molecular weight excluding hydrogens is 887 g/mol. The van der Waals surface area contributed by atoms with Gasteiger partial charge in [-0.3, -0.25) is 0 Å². The van der Waals surface area contributed by atoms with Crippen LogP contribution in [0.4, 0.5) is 0 Å². The number of benzene rings is 4. The Morgan fingerprint density at radius 1 is 0.468 bits per heavy atom. The second kappa shape index (κ2) is 21.4. The first-order valence-electron chi connectivity index (χ1n) is 23.3. The Balaban J connectivity index is 0.000000187. The molecule has 8 bridgehead atoms. The fourth-order valence-electron chi connectivity index (χ4n) is 14.5. The van der Waals surface area contributed by atoms with E-state index in [-0.39, 0.29) is 39.7 Å². The summed E-state index contributed by atoms with van der Waals surface area (Å²) < 4.78 is 0. The fourth-order valence-corrected chi connectivity index (χ4v) is 14.5. The monoisotopic (exact) mass is 954 g/mol. The summed E-state index contributed by atoms with van der Waals surface area (Å²) in [6.07, 6.45) is 20.2. The van der Waals surface area contributed by atoms with E-state index >= 15 is 0 Å². The molecule has 0 heterocycles. The summed E-state index contributed by atoms with van der Waals surface area (Å²) in [5.74, 6) is 10.3. The Morgan fingerprint density at radius 2 is 0.790 bits per heavy atom. The van der Waals surface area contributed by atoms with Crippen molar-refractivity contribution in [3.8, 4) is 22.3 Å². The zero-order valence-corrected chi connectivity index (χ0v) is 43.0. The van der Waals surface area contributed by atoms with Crippen molar-refractivity contribution in [3.05, 3.63) is 146 Å². The number of fused-ring (bicyclic) bond motifs is 2. The molecule has 0 aliphatic heterocycles. The van der Waals surface area contributed by atoms with Gasteiger partial charge in [-0.15, -0.1) is 93.9 Å². The van der Waals surface area contributed by atoms with Crippen LogP contribution in [-0.4, -0.2) is 6.88 Å². The van der Waals surface area contributed by atoms with Crippen molar-refractivity contribution in [1.29, 1.82) is 0 Å². The van der Waals surface area contributed by atoms with E-state index in [4.69, 9.17) is 0 Å². The number of rotatable bonds is 8. The predicted molar refractivity (Wildman–Crippen MR) is 270 cm³/mol. The first-order chi connectivity index (χ1) is 28.5. The molecule has 0 saturated heterocycles. The third-order valence-corrected chi connectivity index (χ3v) is 16.8. The van der Waals surface area contributed by atoms with Gasteiger partial charge in [-0.05, 0) is 171 Å². The zero-order chi connectivity index (χ0) is 39.3. The van der Waals surface area contributed by atoms with Crippen LogP contribution >= 0.6 is 24.8 Å². The summed E-state index contributed by atoms with van der Waals surface area (Å²) in [5.41, 5.74) is 11.5. The summed E-state index contributed by atoms with van der Waals surface area (Å²) in [6, 6.07) is 42.0. The number of hydrogen-bond acceptors (Lipinski definition) is 0. The first-order valence-corrected chi connectivity index (χ1v) is 27.5. The fraction of sp³-hybridized carbons (Fsp3) is 0.448. The van der Waals surface area contributed by atoms with Gasteiger partial charge >= 0.3 is 30.2 Å². The van der Waals surface area contributed by atoms with Crippen LogP contribution in [0.25, 0.3) is 43.8 Å². The molecule has 2 radical (unpaired) electrons. The molecule has 8 fully saturated rings. The average Bonchev–Trinajstić information content (AvgIpc) is 3.88. The molecular formula is C58H70Cl2SiZr-4. The molecule has 62 heavy (non-hydrogen) atoms. The van der Waals surface area contributed by atoms with E-state index < -0.39 is 0 Å². The first kappa shape index (κ1) is 49.2. The molecule has 0 aromatic heterocycles. The van der Waals surface area contributed by atoms with Crippen LogP contribution in [0.2, 0.25) is 0 Å². The minimum atomic E-state index is 0. The van der Waals surface area contributed by atoms with Crippen molar-refractivity contribution in [3.63, 3.8) is 0 Å². The van der Waals surface area contributed by atoms with Gasteiger partial charge in [-0.2, -0.15) is 12.1 Å². The molecule has 0 amide bonds. The standard InChI is InChI=1S/2C28H31.2CH3.2ClH.Si.Zr/c2*1-2-18-6-8-22(9-7-18)26-5-3-4-23-11-21(17-28(23)26)16-27-24-12-19-10-20(14-24)15-25(27)13-19;;;;;;/h2*3-9,11,17,19-20,24-25,27H,2,10,12-16H2,1H3;2*1H3;2*1H;;/q4*-1;;;;. The Bertz CT molecular complexity index is 2130. The van der Waals surface area contributed by atoms with E-state index in [0.29, 0.717) is 0 Å². The van der Waals surface area contributed by atoms with Gasteiger partial charge in [0.15, 0.2) is 0 Å². The summed E-state index contributed by atoms with van der Waals surface area (Å²) in [5, 5.41) is 5.75. The molecule has 6 aromatic rings. The van der Waals surface area contributed by atoms with Crippen LogP contribution < -0.4 is 0 Å². The van der Waals surface area contributed by atoms with Gasteiger partial charge in [0.2, 0.25) is 0 Å². The van der Waals surface area contributed by atoms with Crippen LogP contribution in [0.3, 0.4) is 0 Å². The van der Waals surface area contributed by atoms with Gasteiger partial charge in [0.1, 0.15) is 0 Å². The Labute approximate surface area is 405 Å². The van der Waals surface area contributed by atoms with E-state index in [1.807, 2.05) is 0 Å². The number of halogens is 2. The quantitative estimate of drug-likeness (QED) is 0.105. The maximum absolute atomic E-state index is 3.06. The zero-order valence-electron chi connectivity index (χ0n) is 37.9. The Morgan fingerprint density at radius 3 is 1.10 bits per heavy atom. The van der Waals surface area contributed by atoms with Gasteiger partial charge in [0.05, 0.1) is 0 Å². The molecule has 4 heteroatoms. The van der Waals surface area contributed by atoms with Crippen LogP contribution in [0, 0.1) is 74.0 Å². The summed E-state index contributed by atoms with van der Waals surface area (Å²) in [4.78, 5) is 0. The molecule has 0 nitrogen and oxygen atoms in total. The second-order valence-corrected chi connectivity index (χ2v) is 20.0. The SMILES string of the molecule is CCc1ccc(-c2cccc3[cH-]c(CC4C5CC6CC(C5)CC4C6)cc23)cc1.CCc1ccc(-c2cccc3[cH-]c(CC4C5CC6CC(C5)CC4C6)cc23)cc1.Cl.Cl.[CH3-].[CH3-].[Si]=[Zr]. The molecule has 0 N–H and O–H groups in total. The summed E-state index contributed by atoms with van der Waals surface area (Å²) in [7, 11) is 0. The molecule has 0 unspecified atom stereocenters. The number of hydrogen-bond donors (Lipinski definition) is 0. The third-order valence-electron chi connectivity index (χ3n) is 16.8. The van der Waals surface area contributed by atoms with Crippen molar-refractivity contribution in [1.82, 2.24) is 0 Å². The predicted octanol–water partition coefficient (Wildman–Crippen LogP) is 16.2. The maximum atomic E-state index is 3.06. The third kappa shape index (κ3) is 9.81. The van der Waals surface area contributed by atoms with Crippen molar-refractivity contribution in [2.75, 3.05) is 0 Å². The van der Waals surface area contributed by atoms with Gasteiger partial charge in [0, 0.05) is 0 Å². The van der Waals surface area contributed by atoms with E-state index in [9.17, 15) is 0 Å². The van der Waals surface area contributed by atoms with Crippen molar-refractivity contribution in [2.45, 2.75) is 104 Å². The average molecular weight is 957 g/mol.